The predicted molar refractivity (Wildman–Crippen MR) is 178 cm³/mol. The Morgan fingerprint density at radius 2 is 0.886 bits per heavy atom. The monoisotopic (exact) mass is 564 g/mol. The molecule has 0 unspecified atom stereocenters. The van der Waals surface area contributed by atoms with E-state index in [0.29, 0.717) is 5.82 Å². The summed E-state index contributed by atoms with van der Waals surface area (Å²) in [5, 5.41) is 4.29. The molecule has 0 saturated heterocycles. The number of nitrogens with zero attached hydrogens (tertiary/aromatic N) is 2. The molecule has 0 spiro atoms. The number of furan rings is 2. The van der Waals surface area contributed by atoms with E-state index in [0.717, 1.165) is 83.1 Å². The number of hydrogen-bond acceptors (Lipinski definition) is 4. The first kappa shape index (κ1) is 24.6. The van der Waals surface area contributed by atoms with Gasteiger partial charge in [-0.2, -0.15) is 0 Å². The van der Waals surface area contributed by atoms with Crippen LogP contribution >= 0.6 is 0 Å². The molecule has 0 aliphatic carbocycles. The molecule has 0 aliphatic rings. The Kier molecular flexibility index (Phi) is 5.47. The van der Waals surface area contributed by atoms with E-state index in [1.165, 1.54) is 0 Å². The van der Waals surface area contributed by atoms with Crippen molar-refractivity contribution in [2.75, 3.05) is 0 Å². The van der Waals surface area contributed by atoms with Gasteiger partial charge in [0, 0.05) is 32.7 Å². The van der Waals surface area contributed by atoms with Gasteiger partial charge in [0.15, 0.2) is 5.82 Å². The van der Waals surface area contributed by atoms with Gasteiger partial charge >= 0.3 is 0 Å². The molecular formula is C40H24N2O2. The minimum Gasteiger partial charge on any atom is -0.456 e. The molecule has 0 bridgehead atoms. The highest BCUT2D eigenvalue weighted by molar-refractivity contribution is 6.20. The molecular weight excluding hydrogens is 540 g/mol. The highest BCUT2D eigenvalue weighted by Gasteiger charge is 2.20. The summed E-state index contributed by atoms with van der Waals surface area (Å²) < 4.78 is 12.9. The van der Waals surface area contributed by atoms with E-state index < -0.39 is 0 Å². The molecule has 0 N–H and O–H groups in total. The Labute approximate surface area is 252 Å². The molecule has 206 valence electrons. The lowest BCUT2D eigenvalue weighted by molar-refractivity contribution is 0.668. The Balaban J connectivity index is 1.30. The second-order valence-electron chi connectivity index (χ2n) is 10.9. The summed E-state index contributed by atoms with van der Waals surface area (Å²) in [6, 6.07) is 49.5. The zero-order valence-corrected chi connectivity index (χ0v) is 23.6. The molecule has 44 heavy (non-hydrogen) atoms. The number of para-hydroxylation sites is 2. The quantitative estimate of drug-likeness (QED) is 0.213. The van der Waals surface area contributed by atoms with Crippen LogP contribution in [0.15, 0.2) is 154 Å². The molecule has 0 fully saturated rings. The molecule has 0 saturated carbocycles. The maximum atomic E-state index is 6.67. The van der Waals surface area contributed by atoms with Gasteiger partial charge in [0.25, 0.3) is 0 Å². The van der Waals surface area contributed by atoms with Crippen molar-refractivity contribution in [2.45, 2.75) is 0 Å². The van der Waals surface area contributed by atoms with Crippen molar-refractivity contribution in [2.24, 2.45) is 0 Å². The molecule has 4 nitrogen and oxygen atoms in total. The molecule has 9 aromatic rings. The summed E-state index contributed by atoms with van der Waals surface area (Å²) in [6.07, 6.45) is 0. The van der Waals surface area contributed by atoms with Crippen LogP contribution in [0, 0.1) is 0 Å². The van der Waals surface area contributed by atoms with Crippen LogP contribution in [-0.4, -0.2) is 9.97 Å². The van der Waals surface area contributed by atoms with E-state index >= 15 is 0 Å². The highest BCUT2D eigenvalue weighted by atomic mass is 16.3. The van der Waals surface area contributed by atoms with Crippen LogP contribution < -0.4 is 0 Å². The minimum absolute atomic E-state index is 0.624. The standard InChI is InChI=1S/C40H24N2O2/c1-3-12-25(13-4-1)32-24-33(26-14-5-2-6-15-26)42-40(41-32)31-20-9-19-30-38-28(18-11-23-36(38)44-39(30)31)27-17-10-22-35-37(27)29-16-7-8-21-34(29)43-35/h1-24H. The number of hydrogen-bond donors (Lipinski definition) is 0. The van der Waals surface area contributed by atoms with Crippen molar-refractivity contribution in [3.8, 4) is 45.0 Å². The predicted octanol–water partition coefficient (Wildman–Crippen LogP) is 10.9. The maximum Gasteiger partial charge on any atom is 0.164 e. The summed E-state index contributed by atoms with van der Waals surface area (Å²) in [5.74, 6) is 0.624. The fourth-order valence-corrected chi connectivity index (χ4v) is 6.33. The molecule has 0 atom stereocenters. The minimum atomic E-state index is 0.624. The molecule has 0 aliphatic heterocycles. The SMILES string of the molecule is c1ccc(-c2cc(-c3ccccc3)nc(-c3cccc4c3oc3cccc(-c5cccc6oc7ccccc7c56)c34)n2)cc1. The molecule has 9 rings (SSSR count). The number of rotatable bonds is 4. The van der Waals surface area contributed by atoms with Crippen LogP contribution in [0.1, 0.15) is 0 Å². The van der Waals surface area contributed by atoms with Gasteiger partial charge in [-0.25, -0.2) is 9.97 Å². The molecule has 3 aromatic heterocycles. The van der Waals surface area contributed by atoms with Crippen LogP contribution in [0.2, 0.25) is 0 Å². The van der Waals surface area contributed by atoms with Gasteiger partial charge in [0.05, 0.1) is 17.0 Å². The van der Waals surface area contributed by atoms with Crippen molar-refractivity contribution in [3.63, 3.8) is 0 Å². The smallest absolute Gasteiger partial charge is 0.164 e. The third-order valence-corrected chi connectivity index (χ3v) is 8.32. The molecule has 6 aromatic carbocycles. The normalized spacial score (nSPS) is 11.6. The van der Waals surface area contributed by atoms with Crippen molar-refractivity contribution >= 4 is 43.9 Å². The zero-order chi connectivity index (χ0) is 29.0. The lowest BCUT2D eigenvalue weighted by Crippen LogP contribution is -1.96. The summed E-state index contributed by atoms with van der Waals surface area (Å²) in [6.45, 7) is 0. The maximum absolute atomic E-state index is 6.67. The summed E-state index contributed by atoms with van der Waals surface area (Å²) in [7, 11) is 0. The Hall–Kier alpha value is -6.00. The van der Waals surface area contributed by atoms with E-state index in [9.17, 15) is 0 Å². The molecule has 4 heteroatoms. The Bertz CT molecular complexity index is 2430. The van der Waals surface area contributed by atoms with E-state index in [1.54, 1.807) is 0 Å². The summed E-state index contributed by atoms with van der Waals surface area (Å²) in [5.41, 5.74) is 10.2. The number of fused-ring (bicyclic) bond motifs is 6. The van der Waals surface area contributed by atoms with Gasteiger partial charge in [-0.1, -0.05) is 115 Å². The second kappa shape index (κ2) is 9.79. The van der Waals surface area contributed by atoms with Crippen LogP contribution in [0.3, 0.4) is 0 Å². The van der Waals surface area contributed by atoms with Gasteiger partial charge in [-0.15, -0.1) is 0 Å². The first-order chi connectivity index (χ1) is 21.8. The number of aromatic nitrogens is 2. The van der Waals surface area contributed by atoms with Gasteiger partial charge < -0.3 is 8.83 Å². The fourth-order valence-electron chi connectivity index (χ4n) is 6.33. The van der Waals surface area contributed by atoms with Gasteiger partial charge in [-0.3, -0.25) is 0 Å². The molecule has 3 heterocycles. The molecule has 0 amide bonds. The van der Waals surface area contributed by atoms with Crippen molar-refractivity contribution in [1.29, 1.82) is 0 Å². The highest BCUT2D eigenvalue weighted by Crippen LogP contribution is 2.44. The first-order valence-electron chi connectivity index (χ1n) is 14.7. The van der Waals surface area contributed by atoms with E-state index in [-0.39, 0.29) is 0 Å². The van der Waals surface area contributed by atoms with Gasteiger partial charge in [0.1, 0.15) is 22.3 Å². The Morgan fingerprint density at radius 3 is 1.57 bits per heavy atom. The van der Waals surface area contributed by atoms with Crippen LogP contribution in [0.25, 0.3) is 88.9 Å². The van der Waals surface area contributed by atoms with Gasteiger partial charge in [-0.05, 0) is 41.5 Å². The largest absolute Gasteiger partial charge is 0.456 e. The number of benzene rings is 6. The van der Waals surface area contributed by atoms with Crippen molar-refractivity contribution < 1.29 is 8.83 Å². The third-order valence-electron chi connectivity index (χ3n) is 8.32. The third kappa shape index (κ3) is 3.85. The Morgan fingerprint density at radius 1 is 0.386 bits per heavy atom. The van der Waals surface area contributed by atoms with Crippen LogP contribution in [0.5, 0.6) is 0 Å². The first-order valence-corrected chi connectivity index (χ1v) is 14.7. The zero-order valence-electron chi connectivity index (χ0n) is 23.6. The lowest BCUT2D eigenvalue weighted by Gasteiger charge is -2.10. The molecule has 0 radical (unpaired) electrons. The average molecular weight is 565 g/mol. The topological polar surface area (TPSA) is 52.1 Å². The van der Waals surface area contributed by atoms with Crippen LogP contribution in [0.4, 0.5) is 0 Å². The van der Waals surface area contributed by atoms with E-state index in [1.807, 2.05) is 66.7 Å². The lowest BCUT2D eigenvalue weighted by atomic mass is 9.95. The van der Waals surface area contributed by atoms with E-state index in [4.69, 9.17) is 18.8 Å². The van der Waals surface area contributed by atoms with Crippen molar-refractivity contribution in [1.82, 2.24) is 9.97 Å². The van der Waals surface area contributed by atoms with Crippen molar-refractivity contribution in [3.05, 3.63) is 146 Å². The fraction of sp³-hybridized carbons (Fsp3) is 0. The average Bonchev–Trinajstić information content (AvgIpc) is 3.67. The summed E-state index contributed by atoms with van der Waals surface area (Å²) in [4.78, 5) is 10.2. The summed E-state index contributed by atoms with van der Waals surface area (Å²) >= 11 is 0. The van der Waals surface area contributed by atoms with Gasteiger partial charge in [0.2, 0.25) is 0 Å². The second-order valence-corrected chi connectivity index (χ2v) is 10.9. The van der Waals surface area contributed by atoms with Crippen LogP contribution in [-0.2, 0) is 0 Å². The van der Waals surface area contributed by atoms with E-state index in [2.05, 4.69) is 78.9 Å².